The second-order valence-corrected chi connectivity index (χ2v) is 5.51. The highest BCUT2D eigenvalue weighted by Crippen LogP contribution is 2.37. The monoisotopic (exact) mass is 307 g/mol. The van der Waals surface area contributed by atoms with Crippen molar-refractivity contribution in [3.63, 3.8) is 0 Å². The molecule has 0 saturated carbocycles. The molecule has 0 unspecified atom stereocenters. The lowest BCUT2D eigenvalue weighted by Gasteiger charge is -2.01. The Balaban J connectivity index is 2.40. The van der Waals surface area contributed by atoms with E-state index in [4.69, 9.17) is 39.3 Å². The van der Waals surface area contributed by atoms with Crippen LogP contribution in [0.4, 0.5) is 5.69 Å². The van der Waals surface area contributed by atoms with Gasteiger partial charge in [0, 0.05) is 17.7 Å². The molecular formula is C9H4Cl3N3O3. The van der Waals surface area contributed by atoms with Crippen LogP contribution in [-0.2, 0) is 3.79 Å². The molecule has 0 aliphatic rings. The molecule has 9 heteroatoms. The predicted octanol–water partition coefficient (Wildman–Crippen LogP) is 3.47. The molecule has 0 N–H and O–H groups in total. The van der Waals surface area contributed by atoms with Gasteiger partial charge in [-0.3, -0.25) is 10.1 Å². The van der Waals surface area contributed by atoms with Crippen molar-refractivity contribution in [3.8, 4) is 11.4 Å². The average Bonchev–Trinajstić information content (AvgIpc) is 2.78. The van der Waals surface area contributed by atoms with Crippen molar-refractivity contribution in [3.05, 3.63) is 40.3 Å². The summed E-state index contributed by atoms with van der Waals surface area (Å²) < 4.78 is 2.93. The van der Waals surface area contributed by atoms with Gasteiger partial charge in [-0.25, -0.2) is 0 Å². The third-order valence-corrected chi connectivity index (χ3v) is 2.47. The second kappa shape index (κ2) is 4.72. The third kappa shape index (κ3) is 2.72. The highest BCUT2D eigenvalue weighted by atomic mass is 35.6. The molecule has 1 aromatic carbocycles. The molecule has 0 bridgehead atoms. The molecule has 0 fully saturated rings. The molecule has 0 atom stereocenters. The summed E-state index contributed by atoms with van der Waals surface area (Å²) in [4.78, 5) is 14.0. The van der Waals surface area contributed by atoms with Gasteiger partial charge in [-0.2, -0.15) is 4.98 Å². The summed E-state index contributed by atoms with van der Waals surface area (Å²) in [6.45, 7) is 0. The Bertz CT molecular complexity index is 594. The van der Waals surface area contributed by atoms with Crippen LogP contribution in [0.25, 0.3) is 11.4 Å². The van der Waals surface area contributed by atoms with Gasteiger partial charge >= 0.3 is 0 Å². The van der Waals surface area contributed by atoms with E-state index in [-0.39, 0.29) is 17.4 Å². The van der Waals surface area contributed by atoms with Crippen molar-refractivity contribution in [2.75, 3.05) is 0 Å². The van der Waals surface area contributed by atoms with E-state index in [1.54, 1.807) is 6.07 Å². The fourth-order valence-corrected chi connectivity index (χ4v) is 1.44. The number of rotatable bonds is 2. The van der Waals surface area contributed by atoms with E-state index in [0.717, 1.165) is 0 Å². The first-order valence-electron chi connectivity index (χ1n) is 4.53. The summed E-state index contributed by atoms with van der Waals surface area (Å²) in [5, 5.41) is 14.2. The van der Waals surface area contributed by atoms with Gasteiger partial charge < -0.3 is 4.52 Å². The molecule has 1 aromatic heterocycles. The molecule has 94 valence electrons. The molecular weight excluding hydrogens is 304 g/mol. The zero-order chi connectivity index (χ0) is 13.3. The molecule has 2 aromatic rings. The van der Waals surface area contributed by atoms with E-state index < -0.39 is 8.72 Å². The summed E-state index contributed by atoms with van der Waals surface area (Å²) in [5.74, 6) is -0.0889. The predicted molar refractivity (Wildman–Crippen MR) is 65.6 cm³/mol. The quantitative estimate of drug-likeness (QED) is 0.482. The fourth-order valence-electron chi connectivity index (χ4n) is 1.21. The topological polar surface area (TPSA) is 82.1 Å². The number of aromatic nitrogens is 2. The maximum Gasteiger partial charge on any atom is 0.279 e. The van der Waals surface area contributed by atoms with Crippen molar-refractivity contribution < 1.29 is 9.45 Å². The van der Waals surface area contributed by atoms with E-state index in [1.165, 1.54) is 18.2 Å². The van der Waals surface area contributed by atoms with Crippen LogP contribution in [-0.4, -0.2) is 15.1 Å². The Labute approximate surface area is 116 Å². The van der Waals surface area contributed by atoms with Gasteiger partial charge in [-0.15, -0.1) is 0 Å². The SMILES string of the molecule is O=[N+]([O-])c1cccc(-c2noc(C(Cl)(Cl)Cl)n2)c1. The molecule has 1 heterocycles. The summed E-state index contributed by atoms with van der Waals surface area (Å²) in [6.07, 6.45) is 0. The minimum atomic E-state index is -1.83. The highest BCUT2D eigenvalue weighted by molar-refractivity contribution is 6.66. The number of nitro groups is 1. The van der Waals surface area contributed by atoms with Gasteiger partial charge in [-0.1, -0.05) is 52.1 Å². The Morgan fingerprint density at radius 2 is 2.06 bits per heavy atom. The number of alkyl halides is 3. The van der Waals surface area contributed by atoms with Crippen LogP contribution < -0.4 is 0 Å². The summed E-state index contributed by atoms with van der Waals surface area (Å²) in [5.41, 5.74) is 0.307. The van der Waals surface area contributed by atoms with Crippen LogP contribution in [0.15, 0.2) is 28.8 Å². The lowest BCUT2D eigenvalue weighted by Crippen LogP contribution is -1.99. The third-order valence-electron chi connectivity index (χ3n) is 1.98. The van der Waals surface area contributed by atoms with Gasteiger partial charge in [0.2, 0.25) is 5.82 Å². The Kier molecular flexibility index (Phi) is 3.43. The normalized spacial score (nSPS) is 11.5. The smallest absolute Gasteiger partial charge is 0.279 e. The van der Waals surface area contributed by atoms with Gasteiger partial charge in [-0.05, 0) is 0 Å². The maximum atomic E-state index is 10.6. The van der Waals surface area contributed by atoms with Crippen molar-refractivity contribution in [1.29, 1.82) is 0 Å². The zero-order valence-electron chi connectivity index (χ0n) is 8.51. The van der Waals surface area contributed by atoms with Crippen molar-refractivity contribution in [2.24, 2.45) is 0 Å². The highest BCUT2D eigenvalue weighted by Gasteiger charge is 2.30. The number of nitrogens with zero attached hydrogens (tertiary/aromatic N) is 3. The molecule has 0 aliphatic heterocycles. The largest absolute Gasteiger partial charge is 0.334 e. The lowest BCUT2D eigenvalue weighted by atomic mass is 10.2. The van der Waals surface area contributed by atoms with Crippen molar-refractivity contribution in [2.45, 2.75) is 3.79 Å². The first-order chi connectivity index (χ1) is 8.38. The number of nitro benzene ring substituents is 1. The Morgan fingerprint density at radius 1 is 1.33 bits per heavy atom. The molecule has 2 rings (SSSR count). The van der Waals surface area contributed by atoms with E-state index in [1.807, 2.05) is 0 Å². The minimum Gasteiger partial charge on any atom is -0.334 e. The van der Waals surface area contributed by atoms with E-state index in [2.05, 4.69) is 10.1 Å². The maximum absolute atomic E-state index is 10.6. The molecule has 0 radical (unpaired) electrons. The number of hydrogen-bond donors (Lipinski definition) is 0. The minimum absolute atomic E-state index is 0.0901. The van der Waals surface area contributed by atoms with Gasteiger partial charge in [0.25, 0.3) is 15.4 Å². The summed E-state index contributed by atoms with van der Waals surface area (Å²) in [6, 6.07) is 5.73. The van der Waals surface area contributed by atoms with E-state index in [9.17, 15) is 10.1 Å². The molecule has 0 aliphatic carbocycles. The molecule has 6 nitrogen and oxygen atoms in total. The van der Waals surface area contributed by atoms with Crippen molar-refractivity contribution >= 4 is 40.5 Å². The van der Waals surface area contributed by atoms with Gasteiger partial charge in [0.15, 0.2) is 0 Å². The number of benzene rings is 1. The lowest BCUT2D eigenvalue weighted by molar-refractivity contribution is -0.384. The first-order valence-corrected chi connectivity index (χ1v) is 5.67. The summed E-state index contributed by atoms with van der Waals surface area (Å²) in [7, 11) is 0. The standard InChI is InChI=1S/C9H4Cl3N3O3/c10-9(11,12)8-13-7(14-18-8)5-2-1-3-6(4-5)15(16)17/h1-4H. The van der Waals surface area contributed by atoms with E-state index in [0.29, 0.717) is 5.56 Å². The average molecular weight is 309 g/mol. The first kappa shape index (κ1) is 13.1. The molecule has 0 saturated heterocycles. The van der Waals surface area contributed by atoms with Crippen LogP contribution in [0.2, 0.25) is 0 Å². The van der Waals surface area contributed by atoms with Crippen molar-refractivity contribution in [1.82, 2.24) is 10.1 Å². The van der Waals surface area contributed by atoms with Crippen LogP contribution in [0.3, 0.4) is 0 Å². The van der Waals surface area contributed by atoms with Crippen LogP contribution in [0.5, 0.6) is 0 Å². The van der Waals surface area contributed by atoms with Crippen LogP contribution >= 0.6 is 34.8 Å². The fraction of sp³-hybridized carbons (Fsp3) is 0.111. The summed E-state index contributed by atoms with van der Waals surface area (Å²) >= 11 is 16.7. The number of halogens is 3. The van der Waals surface area contributed by atoms with E-state index >= 15 is 0 Å². The molecule has 18 heavy (non-hydrogen) atoms. The molecule has 0 spiro atoms. The van der Waals surface area contributed by atoms with Crippen LogP contribution in [0.1, 0.15) is 5.89 Å². The van der Waals surface area contributed by atoms with Gasteiger partial charge in [0.05, 0.1) is 4.92 Å². The number of non-ortho nitro benzene ring substituents is 1. The zero-order valence-corrected chi connectivity index (χ0v) is 10.8. The van der Waals surface area contributed by atoms with Crippen LogP contribution in [0, 0.1) is 10.1 Å². The Hall–Kier alpha value is -1.37. The second-order valence-electron chi connectivity index (χ2n) is 3.23. The number of hydrogen-bond acceptors (Lipinski definition) is 5. The van der Waals surface area contributed by atoms with Gasteiger partial charge in [0.1, 0.15) is 0 Å². The molecule has 0 amide bonds. The Morgan fingerprint density at radius 3 is 2.61 bits per heavy atom.